The quantitative estimate of drug-likeness (QED) is 0.203. The van der Waals surface area contributed by atoms with E-state index in [-0.39, 0.29) is 0 Å². The Labute approximate surface area is 213 Å². The van der Waals surface area contributed by atoms with E-state index in [1.165, 1.54) is 0 Å². The van der Waals surface area contributed by atoms with Gasteiger partial charge in [0.05, 0.1) is 0 Å². The fraction of sp³-hybridized carbons (Fsp3) is 0.750. The highest BCUT2D eigenvalue weighted by Crippen LogP contribution is 2.42. The van der Waals surface area contributed by atoms with Crippen LogP contribution in [-0.2, 0) is 61.5 Å². The first-order valence-electron chi connectivity index (χ1n) is 10.7. The Hall–Kier alpha value is -2.62. The van der Waals surface area contributed by atoms with E-state index >= 15 is 0 Å². The second-order valence-electron chi connectivity index (χ2n) is 8.08. The van der Waals surface area contributed by atoms with E-state index in [0.29, 0.717) is 0 Å². The summed E-state index contributed by atoms with van der Waals surface area (Å²) in [5, 5.41) is 0. The van der Waals surface area contributed by atoms with Crippen LogP contribution in [-0.4, -0.2) is 109 Å². The topological polar surface area (TPSA) is 211 Å². The minimum absolute atomic E-state index is 0.648. The van der Waals surface area contributed by atoms with Crippen molar-refractivity contribution in [2.24, 2.45) is 0 Å². The molecule has 17 heteroatoms. The van der Waals surface area contributed by atoms with Gasteiger partial charge >= 0.3 is 37.7 Å². The van der Waals surface area contributed by atoms with Crippen molar-refractivity contribution in [3.63, 3.8) is 0 Å². The number of nitrogens with zero attached hydrogens (tertiary/aromatic N) is 1. The van der Waals surface area contributed by atoms with Gasteiger partial charge in [-0.2, -0.15) is 0 Å². The molecule has 1 aliphatic rings. The summed E-state index contributed by atoms with van der Waals surface area (Å²) in [7, 11) is 0.704. The summed E-state index contributed by atoms with van der Waals surface area (Å²) >= 11 is 0. The standard InChI is InChI=1S/C17H25O15P.C3H9N/c1-7(18)26-6-12(27-8(2)19)13-14(28-9(3)20)15(29-10(4)21)16(30-11(5)22)17(31-13)32-33(23,24)25;1-4(2)3/h12-17H,6H2,1-5H3,(H2,23,24,25);1-3H3/t12?,13-,14-,15+,16+,17+;/m1./s1. The maximum absolute atomic E-state index is 11.8. The lowest BCUT2D eigenvalue weighted by Crippen LogP contribution is -2.65. The number of carbonyl (C=O) groups is 5. The number of phosphoric ester groups is 1. The van der Waals surface area contributed by atoms with Crippen LogP contribution in [0.5, 0.6) is 0 Å². The molecular formula is C20H34NO15P. The molecule has 1 heterocycles. The maximum Gasteiger partial charge on any atom is 0.472 e. The summed E-state index contributed by atoms with van der Waals surface area (Å²) in [6, 6.07) is 0. The third-order valence-corrected chi connectivity index (χ3v) is 4.30. The molecule has 0 aromatic carbocycles. The largest absolute Gasteiger partial charge is 0.472 e. The summed E-state index contributed by atoms with van der Waals surface area (Å²) in [5.74, 6) is -4.57. The molecule has 0 saturated carbocycles. The summed E-state index contributed by atoms with van der Waals surface area (Å²) in [6.07, 6.45) is -10.5. The van der Waals surface area contributed by atoms with Gasteiger partial charge in [0.15, 0.2) is 24.4 Å². The van der Waals surface area contributed by atoms with Crippen LogP contribution in [0.15, 0.2) is 0 Å². The second kappa shape index (κ2) is 15.6. The monoisotopic (exact) mass is 559 g/mol. The molecule has 0 bridgehead atoms. The first-order valence-corrected chi connectivity index (χ1v) is 12.2. The molecule has 1 unspecified atom stereocenters. The number of hydrogen-bond acceptors (Lipinski definition) is 14. The Balaban J connectivity index is 0.00000300. The SMILES string of the molecule is CC(=O)OCC(OC(C)=O)[C@H]1O[C@@H](OP(=O)(O)O)[C@@H](OC(C)=O)[C@@H](OC(C)=O)[C@@H]1OC(C)=O.CN(C)C. The molecule has 1 aliphatic heterocycles. The summed E-state index contributed by atoms with van der Waals surface area (Å²) in [6.45, 7) is 4.28. The van der Waals surface area contributed by atoms with Crippen LogP contribution in [0, 0.1) is 0 Å². The zero-order valence-electron chi connectivity index (χ0n) is 21.8. The van der Waals surface area contributed by atoms with Gasteiger partial charge in [-0.3, -0.25) is 28.5 Å². The van der Waals surface area contributed by atoms with Crippen LogP contribution in [0.3, 0.4) is 0 Å². The van der Waals surface area contributed by atoms with Gasteiger partial charge in [-0.05, 0) is 21.1 Å². The lowest BCUT2D eigenvalue weighted by molar-refractivity contribution is -0.302. The van der Waals surface area contributed by atoms with E-state index in [0.717, 1.165) is 34.6 Å². The average molecular weight is 559 g/mol. The normalized spacial score (nSPS) is 24.0. The minimum atomic E-state index is -5.30. The summed E-state index contributed by atoms with van der Waals surface area (Å²) in [4.78, 5) is 78.5. The molecule has 2 N–H and O–H groups in total. The fourth-order valence-electron chi connectivity index (χ4n) is 2.93. The highest BCUT2D eigenvalue weighted by Gasteiger charge is 2.56. The molecule has 37 heavy (non-hydrogen) atoms. The Morgan fingerprint density at radius 2 is 1.22 bits per heavy atom. The molecule has 6 atom stereocenters. The van der Waals surface area contributed by atoms with Gasteiger partial charge in [-0.25, -0.2) is 4.57 Å². The van der Waals surface area contributed by atoms with Crippen molar-refractivity contribution in [1.29, 1.82) is 0 Å². The zero-order chi connectivity index (χ0) is 29.1. The van der Waals surface area contributed by atoms with Crippen LogP contribution in [0.25, 0.3) is 0 Å². The fourth-order valence-corrected chi connectivity index (χ4v) is 3.37. The Morgan fingerprint density at radius 3 is 1.59 bits per heavy atom. The number of hydrogen-bond donors (Lipinski definition) is 2. The molecule has 0 radical (unpaired) electrons. The van der Waals surface area contributed by atoms with Gasteiger partial charge in [-0.15, -0.1) is 0 Å². The van der Waals surface area contributed by atoms with Gasteiger partial charge in [0.2, 0.25) is 6.29 Å². The molecule has 0 aromatic rings. The zero-order valence-corrected chi connectivity index (χ0v) is 22.7. The minimum Gasteiger partial charge on any atom is -0.462 e. The van der Waals surface area contributed by atoms with Crippen molar-refractivity contribution in [2.75, 3.05) is 27.7 Å². The number of esters is 5. The third kappa shape index (κ3) is 14.6. The molecule has 0 aliphatic carbocycles. The number of carbonyl (C=O) groups excluding carboxylic acids is 5. The molecule has 214 valence electrons. The van der Waals surface area contributed by atoms with Crippen LogP contribution in [0.1, 0.15) is 34.6 Å². The van der Waals surface area contributed by atoms with Crippen molar-refractivity contribution in [3.8, 4) is 0 Å². The van der Waals surface area contributed by atoms with Gasteiger partial charge < -0.3 is 43.1 Å². The molecule has 1 rings (SSSR count). The maximum atomic E-state index is 11.8. The Morgan fingerprint density at radius 1 is 0.784 bits per heavy atom. The highest BCUT2D eigenvalue weighted by molar-refractivity contribution is 7.46. The lowest BCUT2D eigenvalue weighted by Gasteiger charge is -2.45. The molecule has 0 aromatic heterocycles. The first kappa shape index (κ1) is 34.4. The van der Waals surface area contributed by atoms with E-state index in [1.807, 2.05) is 26.0 Å². The number of phosphoric acid groups is 1. The van der Waals surface area contributed by atoms with Crippen molar-refractivity contribution in [2.45, 2.75) is 71.4 Å². The molecule has 0 amide bonds. The molecule has 16 nitrogen and oxygen atoms in total. The van der Waals surface area contributed by atoms with Crippen LogP contribution < -0.4 is 0 Å². The van der Waals surface area contributed by atoms with Gasteiger partial charge in [0, 0.05) is 34.6 Å². The van der Waals surface area contributed by atoms with Crippen molar-refractivity contribution >= 4 is 37.7 Å². The predicted molar refractivity (Wildman–Crippen MR) is 120 cm³/mol. The van der Waals surface area contributed by atoms with Crippen LogP contribution in [0.4, 0.5) is 0 Å². The summed E-state index contributed by atoms with van der Waals surface area (Å²) < 4.78 is 46.7. The Kier molecular flexibility index (Phi) is 14.5. The van der Waals surface area contributed by atoms with Gasteiger partial charge in [0.25, 0.3) is 0 Å². The van der Waals surface area contributed by atoms with E-state index in [1.54, 1.807) is 0 Å². The third-order valence-electron chi connectivity index (χ3n) is 3.81. The molecule has 1 saturated heterocycles. The second-order valence-corrected chi connectivity index (χ2v) is 9.27. The number of ether oxygens (including phenoxy) is 6. The van der Waals surface area contributed by atoms with Crippen LogP contribution >= 0.6 is 7.82 Å². The van der Waals surface area contributed by atoms with Crippen molar-refractivity contribution < 1.29 is 71.3 Å². The van der Waals surface area contributed by atoms with Gasteiger partial charge in [0.1, 0.15) is 12.7 Å². The smallest absolute Gasteiger partial charge is 0.462 e. The molecule has 0 spiro atoms. The van der Waals surface area contributed by atoms with E-state index in [9.17, 15) is 38.3 Å². The van der Waals surface area contributed by atoms with Crippen molar-refractivity contribution in [3.05, 3.63) is 0 Å². The highest BCUT2D eigenvalue weighted by atomic mass is 31.2. The van der Waals surface area contributed by atoms with E-state index in [4.69, 9.17) is 28.4 Å². The summed E-state index contributed by atoms with van der Waals surface area (Å²) in [5.41, 5.74) is 0. The van der Waals surface area contributed by atoms with Crippen molar-refractivity contribution in [1.82, 2.24) is 4.90 Å². The molecule has 1 fully saturated rings. The first-order chi connectivity index (χ1) is 16.8. The Bertz CT molecular complexity index is 854. The van der Waals surface area contributed by atoms with E-state index < -0.39 is 81.1 Å². The lowest BCUT2D eigenvalue weighted by atomic mass is 9.94. The predicted octanol–water partition coefficient (Wildman–Crippen LogP) is -0.712. The van der Waals surface area contributed by atoms with Crippen LogP contribution in [0.2, 0.25) is 0 Å². The average Bonchev–Trinajstić information content (AvgIpc) is 2.66. The molecular weight excluding hydrogens is 525 g/mol. The van der Waals surface area contributed by atoms with E-state index in [2.05, 4.69) is 4.52 Å². The van der Waals surface area contributed by atoms with Gasteiger partial charge in [-0.1, -0.05) is 0 Å². The number of rotatable bonds is 9.